The van der Waals surface area contributed by atoms with E-state index in [4.69, 9.17) is 11.5 Å². The van der Waals surface area contributed by atoms with Gasteiger partial charge in [-0.15, -0.1) is 0 Å². The van der Waals surface area contributed by atoms with Crippen LogP contribution in [0.15, 0.2) is 67.4 Å². The Hall–Kier alpha value is -5.61. The van der Waals surface area contributed by atoms with E-state index in [9.17, 15) is 24.0 Å². The lowest BCUT2D eigenvalue weighted by Crippen LogP contribution is -2.22. The van der Waals surface area contributed by atoms with Gasteiger partial charge in [0.05, 0.1) is 6.33 Å². The van der Waals surface area contributed by atoms with Crippen LogP contribution in [0.5, 0.6) is 0 Å². The molecular weight excluding hydrogens is 464 g/mol. The number of nitrogens with zero attached hydrogens (tertiary/aromatic N) is 4. The van der Waals surface area contributed by atoms with Gasteiger partial charge in [-0.05, 0) is 13.0 Å². The minimum Gasteiger partial charge on any atom is -0.385 e. The number of aromatic amines is 6. The Labute approximate surface area is 192 Å². The van der Waals surface area contributed by atoms with Crippen molar-refractivity contribution in [1.82, 2.24) is 49.8 Å². The summed E-state index contributed by atoms with van der Waals surface area (Å²) < 4.78 is 0. The van der Waals surface area contributed by atoms with E-state index < -0.39 is 17.1 Å². The smallest absolute Gasteiger partial charge is 0.346 e. The summed E-state index contributed by atoms with van der Waals surface area (Å²) in [5, 5.41) is 0. The Kier molecular flexibility index (Phi) is 9.11. The highest BCUT2D eigenvalue weighted by Crippen LogP contribution is 2.09. The summed E-state index contributed by atoms with van der Waals surface area (Å²) in [4.78, 5) is 80.2. The number of imidazole rings is 1. The van der Waals surface area contributed by atoms with E-state index in [1.807, 2.05) is 4.98 Å². The first-order chi connectivity index (χ1) is 16.7. The van der Waals surface area contributed by atoms with Crippen LogP contribution in [0.25, 0.3) is 11.2 Å². The molecule has 0 unspecified atom stereocenters. The number of H-pyrrole nitrogens is 6. The van der Waals surface area contributed by atoms with Gasteiger partial charge in [0.1, 0.15) is 17.7 Å². The lowest BCUT2D eigenvalue weighted by atomic mass is 10.4. The van der Waals surface area contributed by atoms with Gasteiger partial charge >= 0.3 is 17.1 Å². The van der Waals surface area contributed by atoms with Crippen molar-refractivity contribution in [2.45, 2.75) is 6.92 Å². The maximum atomic E-state index is 10.6. The van der Waals surface area contributed by atoms with Gasteiger partial charge in [-0.25, -0.2) is 34.3 Å². The molecule has 0 saturated carbocycles. The van der Waals surface area contributed by atoms with E-state index in [0.717, 1.165) is 0 Å². The van der Waals surface area contributed by atoms with E-state index in [2.05, 4.69) is 44.9 Å². The fourth-order valence-corrected chi connectivity index (χ4v) is 2.03. The van der Waals surface area contributed by atoms with E-state index in [1.165, 1.54) is 43.4 Å². The van der Waals surface area contributed by atoms with Gasteiger partial charge in [0.15, 0.2) is 11.5 Å². The van der Waals surface area contributed by atoms with Gasteiger partial charge in [0.2, 0.25) is 0 Å². The molecule has 5 aromatic heterocycles. The zero-order valence-corrected chi connectivity index (χ0v) is 18.0. The second kappa shape index (κ2) is 12.4. The lowest BCUT2D eigenvalue weighted by Gasteiger charge is -1.89. The summed E-state index contributed by atoms with van der Waals surface area (Å²) in [7, 11) is 0. The summed E-state index contributed by atoms with van der Waals surface area (Å²) in [6.45, 7) is 1.62. The molecule has 0 saturated heterocycles. The lowest BCUT2D eigenvalue weighted by molar-refractivity contribution is 1.01. The van der Waals surface area contributed by atoms with Crippen LogP contribution in [-0.2, 0) is 0 Å². The largest absolute Gasteiger partial charge is 0.385 e. The molecule has 182 valence electrons. The van der Waals surface area contributed by atoms with Gasteiger partial charge in [0, 0.05) is 30.2 Å². The highest BCUT2D eigenvalue weighted by atomic mass is 16.2. The highest BCUT2D eigenvalue weighted by molar-refractivity contribution is 5.80. The van der Waals surface area contributed by atoms with Crippen LogP contribution < -0.4 is 39.7 Å². The van der Waals surface area contributed by atoms with Crippen molar-refractivity contribution in [2.75, 3.05) is 11.5 Å². The van der Waals surface area contributed by atoms with Gasteiger partial charge in [-0.1, -0.05) is 0 Å². The molecule has 0 aromatic carbocycles. The van der Waals surface area contributed by atoms with E-state index in [1.54, 1.807) is 6.92 Å². The van der Waals surface area contributed by atoms with Gasteiger partial charge < -0.3 is 26.4 Å². The van der Waals surface area contributed by atoms with Gasteiger partial charge in [-0.3, -0.25) is 24.5 Å². The quantitative estimate of drug-likeness (QED) is 0.116. The first-order valence-corrected chi connectivity index (χ1v) is 9.42. The van der Waals surface area contributed by atoms with Crippen LogP contribution in [0.3, 0.4) is 0 Å². The predicted molar refractivity (Wildman–Crippen MR) is 125 cm³/mol. The maximum absolute atomic E-state index is 10.6. The van der Waals surface area contributed by atoms with Crippen LogP contribution in [0.4, 0.5) is 11.6 Å². The van der Waals surface area contributed by atoms with Crippen LogP contribution in [0.1, 0.15) is 5.56 Å². The molecule has 0 spiro atoms. The molecule has 0 bridgehead atoms. The first kappa shape index (κ1) is 25.6. The zero-order chi connectivity index (χ0) is 25.8. The van der Waals surface area contributed by atoms with Crippen molar-refractivity contribution in [2.24, 2.45) is 0 Å². The Balaban J connectivity index is 0.000000165. The molecule has 0 aliphatic heterocycles. The van der Waals surface area contributed by atoms with E-state index in [0.29, 0.717) is 28.4 Å². The maximum Gasteiger partial charge on any atom is 0.346 e. The van der Waals surface area contributed by atoms with Crippen LogP contribution in [0, 0.1) is 6.92 Å². The third-order valence-electron chi connectivity index (χ3n) is 3.64. The molecule has 5 aromatic rings. The molecule has 5 rings (SSSR count). The number of rotatable bonds is 0. The number of hydrogen-bond acceptors (Lipinski definition) is 11. The molecule has 10 N–H and O–H groups in total. The van der Waals surface area contributed by atoms with E-state index in [-0.39, 0.29) is 11.1 Å². The summed E-state index contributed by atoms with van der Waals surface area (Å²) in [6, 6.07) is 2.75. The van der Waals surface area contributed by atoms with Crippen molar-refractivity contribution in [1.29, 1.82) is 0 Å². The standard InChI is InChI=1S/C5H5N5.C5H6N2O2.C4H5N3O.C4H4N2O2/c6-4-3-5(9-1-7-3)10-2-8-4;1-3-2-6-5(9)7-4(3)8;5-3-1-2-6-4(8)7-3;7-3-1-2-5-4(8)6-3/h1-2H,(H3,6,7,8,9,10);2H,1H3,(H2,6,7,8,9);1-2H,(H3,5,6,7,8);1-2H,(H2,5,6,7,8). The van der Waals surface area contributed by atoms with Crippen molar-refractivity contribution in [3.63, 3.8) is 0 Å². The number of nitrogens with one attached hydrogen (secondary N) is 6. The summed E-state index contributed by atoms with van der Waals surface area (Å²) in [5.41, 5.74) is 10.4. The Morgan fingerprint density at radius 2 is 1.54 bits per heavy atom. The van der Waals surface area contributed by atoms with Gasteiger partial charge in [0.25, 0.3) is 11.1 Å². The van der Waals surface area contributed by atoms with Crippen molar-refractivity contribution >= 4 is 22.8 Å². The number of hydrogen-bond donors (Lipinski definition) is 8. The molecule has 17 heteroatoms. The molecule has 0 atom stereocenters. The SMILES string of the molecule is Cc1c[nH]c(=O)[nH]c1=O.Nc1ccnc(=O)[nH]1.Nc1ncnc2nc[nH]c12.O=c1cc[nH]c(=O)[nH]1. The summed E-state index contributed by atoms with van der Waals surface area (Å²) in [5.74, 6) is 0.771. The predicted octanol–water partition coefficient (Wildman–Crippen LogP) is -2.28. The Morgan fingerprint density at radius 3 is 2.06 bits per heavy atom. The van der Waals surface area contributed by atoms with Crippen LogP contribution in [0.2, 0.25) is 0 Å². The fourth-order valence-electron chi connectivity index (χ4n) is 2.03. The highest BCUT2D eigenvalue weighted by Gasteiger charge is 1.99. The molecule has 5 heterocycles. The topological polar surface area (TPSA) is 284 Å². The minimum atomic E-state index is -0.475. The van der Waals surface area contributed by atoms with Crippen molar-refractivity contribution in [3.8, 4) is 0 Å². The third-order valence-corrected chi connectivity index (χ3v) is 3.64. The third kappa shape index (κ3) is 8.80. The molecular formula is C18H20N12O5. The molecule has 0 fully saturated rings. The molecule has 0 aliphatic carbocycles. The van der Waals surface area contributed by atoms with Crippen molar-refractivity contribution in [3.05, 3.63) is 101 Å². The second-order valence-corrected chi connectivity index (χ2v) is 6.24. The molecule has 0 aliphatic rings. The van der Waals surface area contributed by atoms with E-state index >= 15 is 0 Å². The normalized spacial score (nSPS) is 9.51. The number of aryl methyl sites for hydroxylation is 1. The van der Waals surface area contributed by atoms with Crippen LogP contribution in [-0.4, -0.2) is 49.8 Å². The molecule has 0 radical (unpaired) electrons. The molecule has 35 heavy (non-hydrogen) atoms. The second-order valence-electron chi connectivity index (χ2n) is 6.24. The summed E-state index contributed by atoms with van der Waals surface area (Å²) in [6.07, 6.45) is 6.95. The number of aromatic nitrogens is 10. The summed E-state index contributed by atoms with van der Waals surface area (Å²) >= 11 is 0. The number of anilines is 2. The number of fused-ring (bicyclic) bond motifs is 1. The number of nitrogens with two attached hydrogens (primary N) is 2. The monoisotopic (exact) mass is 484 g/mol. The molecule has 0 amide bonds. The average Bonchev–Trinajstić information content (AvgIpc) is 3.28. The number of nitrogen functional groups attached to an aromatic ring is 2. The fraction of sp³-hybridized carbons (Fsp3) is 0.0556. The minimum absolute atomic E-state index is 0.334. The van der Waals surface area contributed by atoms with Crippen LogP contribution >= 0.6 is 0 Å². The average molecular weight is 484 g/mol. The zero-order valence-electron chi connectivity index (χ0n) is 18.0. The first-order valence-electron chi connectivity index (χ1n) is 9.42. The van der Waals surface area contributed by atoms with Gasteiger partial charge in [-0.2, -0.15) is 0 Å². The Bertz CT molecular complexity index is 1630. The van der Waals surface area contributed by atoms with Crippen molar-refractivity contribution < 1.29 is 0 Å². The molecule has 17 nitrogen and oxygen atoms in total. The Morgan fingerprint density at radius 1 is 0.800 bits per heavy atom.